The van der Waals surface area contributed by atoms with E-state index in [2.05, 4.69) is 10.6 Å². The first-order valence-corrected chi connectivity index (χ1v) is 7.43. The number of carbonyl (C=O) groups is 2. The molecule has 0 aromatic heterocycles. The van der Waals surface area contributed by atoms with Crippen molar-refractivity contribution < 1.29 is 9.59 Å². The van der Waals surface area contributed by atoms with Gasteiger partial charge in [0.05, 0.1) is 5.75 Å². The number of amides is 3. The number of aryl methyl sites for hydroxylation is 1. The molecule has 0 radical (unpaired) electrons. The lowest BCUT2D eigenvalue weighted by Gasteiger charge is -2.09. The van der Waals surface area contributed by atoms with Crippen LogP contribution in [0.3, 0.4) is 0 Å². The highest BCUT2D eigenvalue weighted by Crippen LogP contribution is 2.23. The standard InChI is InChI=1S/C14H21N3O2S/c1-9(2)7-16-14(19)17-13(18)8-20-12-5-4-11(15)6-10(12)3/h4-6,9H,7-8,15H2,1-3H3,(H2,16,17,18,19). The van der Waals surface area contributed by atoms with Gasteiger partial charge < -0.3 is 11.1 Å². The van der Waals surface area contributed by atoms with Crippen molar-refractivity contribution in [2.75, 3.05) is 18.0 Å². The number of imide groups is 1. The molecule has 0 saturated heterocycles. The van der Waals surface area contributed by atoms with Crippen molar-refractivity contribution in [3.63, 3.8) is 0 Å². The lowest BCUT2D eigenvalue weighted by atomic mass is 10.2. The maximum atomic E-state index is 11.6. The first kappa shape index (κ1) is 16.4. The van der Waals surface area contributed by atoms with E-state index in [1.807, 2.05) is 32.9 Å². The molecule has 6 heteroatoms. The molecular weight excluding hydrogens is 274 g/mol. The van der Waals surface area contributed by atoms with E-state index in [1.165, 1.54) is 11.8 Å². The fraction of sp³-hybridized carbons (Fsp3) is 0.429. The largest absolute Gasteiger partial charge is 0.399 e. The topological polar surface area (TPSA) is 84.2 Å². The lowest BCUT2D eigenvalue weighted by molar-refractivity contribution is -0.117. The van der Waals surface area contributed by atoms with Crippen LogP contribution in [0.2, 0.25) is 0 Å². The molecule has 1 aromatic carbocycles. The van der Waals surface area contributed by atoms with Crippen LogP contribution in [0.15, 0.2) is 23.1 Å². The smallest absolute Gasteiger partial charge is 0.321 e. The van der Waals surface area contributed by atoms with Crippen molar-refractivity contribution >= 4 is 29.4 Å². The number of hydrogen-bond acceptors (Lipinski definition) is 4. The third kappa shape index (κ3) is 5.97. The van der Waals surface area contributed by atoms with Crippen molar-refractivity contribution in [1.82, 2.24) is 10.6 Å². The van der Waals surface area contributed by atoms with Gasteiger partial charge in [-0.25, -0.2) is 4.79 Å². The summed E-state index contributed by atoms with van der Waals surface area (Å²) in [6, 6.07) is 5.08. The highest BCUT2D eigenvalue weighted by atomic mass is 32.2. The predicted octanol–water partition coefficient (Wildman–Crippen LogP) is 2.15. The van der Waals surface area contributed by atoms with Crippen LogP contribution in [-0.4, -0.2) is 24.2 Å². The van der Waals surface area contributed by atoms with Gasteiger partial charge in [-0.2, -0.15) is 0 Å². The third-order valence-corrected chi connectivity index (χ3v) is 3.66. The van der Waals surface area contributed by atoms with Crippen LogP contribution < -0.4 is 16.4 Å². The molecule has 0 aliphatic rings. The summed E-state index contributed by atoms with van der Waals surface area (Å²) < 4.78 is 0. The highest BCUT2D eigenvalue weighted by molar-refractivity contribution is 8.00. The summed E-state index contributed by atoms with van der Waals surface area (Å²) in [7, 11) is 0. The van der Waals surface area contributed by atoms with Gasteiger partial charge in [-0.3, -0.25) is 10.1 Å². The summed E-state index contributed by atoms with van der Waals surface area (Å²) in [5.74, 6) is 0.231. The van der Waals surface area contributed by atoms with Gasteiger partial charge in [0.25, 0.3) is 0 Å². The molecule has 1 aromatic rings. The Morgan fingerprint density at radius 3 is 2.65 bits per heavy atom. The number of benzene rings is 1. The molecule has 0 bridgehead atoms. The van der Waals surface area contributed by atoms with Crippen LogP contribution in [0.4, 0.5) is 10.5 Å². The van der Waals surface area contributed by atoms with E-state index in [-0.39, 0.29) is 11.7 Å². The molecule has 0 heterocycles. The SMILES string of the molecule is Cc1cc(N)ccc1SCC(=O)NC(=O)NCC(C)C. The van der Waals surface area contributed by atoms with Crippen LogP contribution in [0, 0.1) is 12.8 Å². The molecular formula is C14H21N3O2S. The Balaban J connectivity index is 2.38. The number of carbonyl (C=O) groups excluding carboxylic acids is 2. The molecule has 4 N–H and O–H groups in total. The molecule has 0 spiro atoms. The van der Waals surface area contributed by atoms with Gasteiger partial charge >= 0.3 is 6.03 Å². The Hall–Kier alpha value is -1.69. The third-order valence-electron chi connectivity index (χ3n) is 2.48. The van der Waals surface area contributed by atoms with Crippen molar-refractivity contribution in [2.24, 2.45) is 5.92 Å². The molecule has 0 fully saturated rings. The molecule has 0 unspecified atom stereocenters. The molecule has 0 aliphatic carbocycles. The quantitative estimate of drug-likeness (QED) is 0.574. The maximum Gasteiger partial charge on any atom is 0.321 e. The molecule has 1 rings (SSSR count). The number of hydrogen-bond donors (Lipinski definition) is 3. The number of nitrogens with one attached hydrogen (secondary N) is 2. The van der Waals surface area contributed by atoms with E-state index in [9.17, 15) is 9.59 Å². The second-order valence-electron chi connectivity index (χ2n) is 4.97. The van der Waals surface area contributed by atoms with Crippen molar-refractivity contribution in [3.8, 4) is 0 Å². The second-order valence-corrected chi connectivity index (χ2v) is 5.98. The van der Waals surface area contributed by atoms with Crippen molar-refractivity contribution in [1.29, 1.82) is 0 Å². The van der Waals surface area contributed by atoms with Crippen molar-refractivity contribution in [3.05, 3.63) is 23.8 Å². The van der Waals surface area contributed by atoms with Crippen LogP contribution in [0.1, 0.15) is 19.4 Å². The van der Waals surface area contributed by atoms with Crippen molar-refractivity contribution in [2.45, 2.75) is 25.7 Å². The Morgan fingerprint density at radius 2 is 2.05 bits per heavy atom. The minimum Gasteiger partial charge on any atom is -0.399 e. The highest BCUT2D eigenvalue weighted by Gasteiger charge is 2.09. The van der Waals surface area contributed by atoms with Crippen LogP contribution in [0.25, 0.3) is 0 Å². The lowest BCUT2D eigenvalue weighted by Crippen LogP contribution is -2.41. The number of urea groups is 1. The number of nitrogens with two attached hydrogens (primary N) is 1. The fourth-order valence-corrected chi connectivity index (χ4v) is 2.29. The van der Waals surface area contributed by atoms with E-state index in [0.29, 0.717) is 18.2 Å². The van der Waals surface area contributed by atoms with Gasteiger partial charge in [0, 0.05) is 17.1 Å². The monoisotopic (exact) mass is 295 g/mol. The molecule has 5 nitrogen and oxygen atoms in total. The zero-order valence-corrected chi connectivity index (χ0v) is 12.8. The summed E-state index contributed by atoms with van der Waals surface area (Å²) in [5, 5.41) is 4.94. The summed E-state index contributed by atoms with van der Waals surface area (Å²) >= 11 is 1.38. The van der Waals surface area contributed by atoms with E-state index in [4.69, 9.17) is 5.73 Å². The zero-order chi connectivity index (χ0) is 15.1. The summed E-state index contributed by atoms with van der Waals surface area (Å²) in [6.45, 7) is 6.46. The molecule has 0 atom stereocenters. The van der Waals surface area contributed by atoms with Gasteiger partial charge in [-0.15, -0.1) is 11.8 Å². The Bertz CT molecular complexity index is 489. The van der Waals surface area contributed by atoms with Crippen LogP contribution in [-0.2, 0) is 4.79 Å². The number of thioether (sulfide) groups is 1. The zero-order valence-electron chi connectivity index (χ0n) is 12.0. The van der Waals surface area contributed by atoms with Crippen LogP contribution >= 0.6 is 11.8 Å². The minimum absolute atomic E-state index is 0.194. The number of anilines is 1. The van der Waals surface area contributed by atoms with E-state index in [1.54, 1.807) is 6.07 Å². The van der Waals surface area contributed by atoms with Crippen LogP contribution in [0.5, 0.6) is 0 Å². The first-order chi connectivity index (χ1) is 9.38. The van der Waals surface area contributed by atoms with E-state index >= 15 is 0 Å². The molecule has 0 aliphatic heterocycles. The minimum atomic E-state index is -0.446. The average Bonchev–Trinajstić information content (AvgIpc) is 2.35. The maximum absolute atomic E-state index is 11.6. The molecule has 3 amide bonds. The Labute approximate surface area is 123 Å². The number of nitrogen functional groups attached to an aromatic ring is 1. The molecule has 20 heavy (non-hydrogen) atoms. The fourth-order valence-electron chi connectivity index (χ4n) is 1.48. The summed E-state index contributed by atoms with van der Waals surface area (Å²) in [4.78, 5) is 24.0. The predicted molar refractivity (Wildman–Crippen MR) is 82.7 cm³/mol. The Kier molecular flexibility index (Phi) is 6.38. The number of rotatable bonds is 5. The van der Waals surface area contributed by atoms with Gasteiger partial charge in [0.1, 0.15) is 0 Å². The van der Waals surface area contributed by atoms with Gasteiger partial charge in [0.15, 0.2) is 0 Å². The molecule has 110 valence electrons. The molecule has 0 saturated carbocycles. The summed E-state index contributed by atoms with van der Waals surface area (Å²) in [5.41, 5.74) is 7.38. The Morgan fingerprint density at radius 1 is 1.35 bits per heavy atom. The van der Waals surface area contributed by atoms with E-state index in [0.717, 1.165) is 10.5 Å². The average molecular weight is 295 g/mol. The van der Waals surface area contributed by atoms with Gasteiger partial charge in [0.2, 0.25) is 5.91 Å². The van der Waals surface area contributed by atoms with Gasteiger partial charge in [-0.1, -0.05) is 13.8 Å². The second kappa shape index (κ2) is 7.79. The normalized spacial score (nSPS) is 10.4. The first-order valence-electron chi connectivity index (χ1n) is 6.45. The van der Waals surface area contributed by atoms with Gasteiger partial charge in [-0.05, 0) is 36.6 Å². The van der Waals surface area contributed by atoms with E-state index < -0.39 is 6.03 Å². The summed E-state index contributed by atoms with van der Waals surface area (Å²) in [6.07, 6.45) is 0.